The summed E-state index contributed by atoms with van der Waals surface area (Å²) in [6.45, 7) is 2.31. The van der Waals surface area contributed by atoms with E-state index in [9.17, 15) is 9.18 Å². The lowest BCUT2D eigenvalue weighted by molar-refractivity contribution is 0.208. The number of rotatable bonds is 3. The average Bonchev–Trinajstić information content (AvgIpc) is 2.76. The van der Waals surface area contributed by atoms with Crippen molar-refractivity contribution in [2.24, 2.45) is 0 Å². The van der Waals surface area contributed by atoms with Gasteiger partial charge < -0.3 is 15.1 Å². The fourth-order valence-electron chi connectivity index (χ4n) is 3.07. The van der Waals surface area contributed by atoms with Gasteiger partial charge in [-0.15, -0.1) is 10.2 Å². The third-order valence-corrected chi connectivity index (χ3v) is 4.63. The Labute approximate surface area is 161 Å². The van der Waals surface area contributed by atoms with E-state index >= 15 is 0 Å². The van der Waals surface area contributed by atoms with E-state index < -0.39 is 5.82 Å². The zero-order chi connectivity index (χ0) is 19.3. The SMILES string of the molecule is O=C(Nc1ccccc1F)N1CCN(c2ccc(-c3ccncc3)nn2)CC1. The van der Waals surface area contributed by atoms with Crippen molar-refractivity contribution in [3.63, 3.8) is 0 Å². The number of carbonyl (C=O) groups is 1. The summed E-state index contributed by atoms with van der Waals surface area (Å²) in [4.78, 5) is 20.1. The second-order valence-electron chi connectivity index (χ2n) is 6.40. The highest BCUT2D eigenvalue weighted by molar-refractivity contribution is 5.89. The Morgan fingerprint density at radius 3 is 2.36 bits per heavy atom. The van der Waals surface area contributed by atoms with Crippen LogP contribution in [0.25, 0.3) is 11.3 Å². The number of pyridine rings is 1. The van der Waals surface area contributed by atoms with Crippen LogP contribution in [0, 0.1) is 5.82 Å². The molecule has 0 unspecified atom stereocenters. The number of urea groups is 1. The Hall–Kier alpha value is -3.55. The van der Waals surface area contributed by atoms with Gasteiger partial charge in [-0.25, -0.2) is 9.18 Å². The number of nitrogens with zero attached hydrogens (tertiary/aromatic N) is 5. The molecule has 0 aliphatic carbocycles. The Morgan fingerprint density at radius 1 is 0.929 bits per heavy atom. The van der Waals surface area contributed by atoms with Crippen molar-refractivity contribution in [3.05, 3.63) is 66.7 Å². The van der Waals surface area contributed by atoms with Crippen LogP contribution < -0.4 is 10.2 Å². The van der Waals surface area contributed by atoms with Crippen molar-refractivity contribution in [2.45, 2.75) is 0 Å². The first-order chi connectivity index (χ1) is 13.7. The first kappa shape index (κ1) is 17.8. The zero-order valence-corrected chi connectivity index (χ0v) is 15.1. The fourth-order valence-corrected chi connectivity index (χ4v) is 3.07. The van der Waals surface area contributed by atoms with E-state index in [0.29, 0.717) is 26.2 Å². The molecular weight excluding hydrogens is 359 g/mol. The maximum atomic E-state index is 13.7. The van der Waals surface area contributed by atoms with Gasteiger partial charge in [-0.1, -0.05) is 12.1 Å². The molecule has 0 spiro atoms. The number of para-hydroxylation sites is 1. The summed E-state index contributed by atoms with van der Waals surface area (Å²) < 4.78 is 13.7. The highest BCUT2D eigenvalue weighted by Crippen LogP contribution is 2.19. The number of aromatic nitrogens is 3. The summed E-state index contributed by atoms with van der Waals surface area (Å²) in [6.07, 6.45) is 3.44. The molecule has 1 N–H and O–H groups in total. The predicted molar refractivity (Wildman–Crippen MR) is 104 cm³/mol. The average molecular weight is 378 g/mol. The van der Waals surface area contributed by atoms with Crippen LogP contribution in [0.4, 0.5) is 20.7 Å². The van der Waals surface area contributed by atoms with Crippen LogP contribution in [0.2, 0.25) is 0 Å². The van der Waals surface area contributed by atoms with E-state index in [1.165, 1.54) is 6.07 Å². The number of amides is 2. The number of hydrogen-bond acceptors (Lipinski definition) is 5. The van der Waals surface area contributed by atoms with Gasteiger partial charge >= 0.3 is 6.03 Å². The van der Waals surface area contributed by atoms with Gasteiger partial charge in [0.15, 0.2) is 5.82 Å². The second-order valence-corrected chi connectivity index (χ2v) is 6.40. The van der Waals surface area contributed by atoms with E-state index in [1.54, 1.807) is 35.5 Å². The van der Waals surface area contributed by atoms with Gasteiger partial charge in [0.05, 0.1) is 11.4 Å². The van der Waals surface area contributed by atoms with Gasteiger partial charge in [-0.3, -0.25) is 4.98 Å². The summed E-state index contributed by atoms with van der Waals surface area (Å²) in [7, 11) is 0. The predicted octanol–water partition coefficient (Wildman–Crippen LogP) is 3.03. The molecular formula is C20H19FN6O. The van der Waals surface area contributed by atoms with E-state index in [4.69, 9.17) is 0 Å². The molecule has 28 heavy (non-hydrogen) atoms. The molecule has 1 fully saturated rings. The summed E-state index contributed by atoms with van der Waals surface area (Å²) in [5.41, 5.74) is 1.94. The highest BCUT2D eigenvalue weighted by atomic mass is 19.1. The van der Waals surface area contributed by atoms with Gasteiger partial charge in [-0.05, 0) is 36.4 Å². The number of benzene rings is 1. The Bertz CT molecular complexity index is 942. The number of carbonyl (C=O) groups excluding carboxylic acids is 1. The summed E-state index contributed by atoms with van der Waals surface area (Å²) in [5.74, 6) is 0.325. The first-order valence-corrected chi connectivity index (χ1v) is 9.00. The van der Waals surface area contributed by atoms with Crippen molar-refractivity contribution in [1.82, 2.24) is 20.1 Å². The number of halogens is 1. The molecule has 2 aromatic heterocycles. The Balaban J connectivity index is 1.35. The second kappa shape index (κ2) is 7.99. The standard InChI is InChI=1S/C20H19FN6O/c21-16-3-1-2-4-18(16)23-20(28)27-13-11-26(12-14-27)19-6-5-17(24-25-19)15-7-9-22-10-8-15/h1-10H,11-14H2,(H,23,28). The third kappa shape index (κ3) is 3.90. The summed E-state index contributed by atoms with van der Waals surface area (Å²) in [5, 5.41) is 11.2. The maximum Gasteiger partial charge on any atom is 0.322 e. The van der Waals surface area contributed by atoms with Crippen LogP contribution in [0.15, 0.2) is 60.9 Å². The lowest BCUT2D eigenvalue weighted by Crippen LogP contribution is -2.50. The molecule has 0 atom stereocenters. The van der Waals surface area contributed by atoms with Gasteiger partial charge in [-0.2, -0.15) is 0 Å². The van der Waals surface area contributed by atoms with Gasteiger partial charge in [0, 0.05) is 44.1 Å². The number of anilines is 2. The van der Waals surface area contributed by atoms with Crippen LogP contribution in [0.3, 0.4) is 0 Å². The Morgan fingerprint density at radius 2 is 1.68 bits per heavy atom. The van der Waals surface area contributed by atoms with Crippen molar-refractivity contribution in [3.8, 4) is 11.3 Å². The fraction of sp³-hybridized carbons (Fsp3) is 0.200. The van der Waals surface area contributed by atoms with Gasteiger partial charge in [0.1, 0.15) is 5.82 Å². The smallest absolute Gasteiger partial charge is 0.322 e. The molecule has 1 aliphatic heterocycles. The highest BCUT2D eigenvalue weighted by Gasteiger charge is 2.22. The molecule has 0 saturated carbocycles. The van der Waals surface area contributed by atoms with Crippen LogP contribution >= 0.6 is 0 Å². The van der Waals surface area contributed by atoms with Crippen LogP contribution in [0.1, 0.15) is 0 Å². The molecule has 3 aromatic rings. The summed E-state index contributed by atoms with van der Waals surface area (Å²) >= 11 is 0. The topological polar surface area (TPSA) is 74.2 Å². The molecule has 3 heterocycles. The van der Waals surface area contributed by atoms with Crippen molar-refractivity contribution in [2.75, 3.05) is 36.4 Å². The number of piperazine rings is 1. The molecule has 0 bridgehead atoms. The van der Waals surface area contributed by atoms with Gasteiger partial charge in [0.2, 0.25) is 0 Å². The van der Waals surface area contributed by atoms with Crippen LogP contribution in [0.5, 0.6) is 0 Å². The van der Waals surface area contributed by atoms with Crippen molar-refractivity contribution in [1.29, 1.82) is 0 Å². The molecule has 2 amide bonds. The quantitative estimate of drug-likeness (QED) is 0.758. The third-order valence-electron chi connectivity index (χ3n) is 4.63. The number of nitrogens with one attached hydrogen (secondary N) is 1. The largest absolute Gasteiger partial charge is 0.352 e. The molecule has 8 heteroatoms. The normalized spacial score (nSPS) is 14.0. The minimum Gasteiger partial charge on any atom is -0.352 e. The van der Waals surface area contributed by atoms with E-state index in [1.807, 2.05) is 24.3 Å². The van der Waals surface area contributed by atoms with E-state index in [-0.39, 0.29) is 11.7 Å². The zero-order valence-electron chi connectivity index (χ0n) is 15.1. The van der Waals surface area contributed by atoms with Gasteiger partial charge in [0.25, 0.3) is 0 Å². The lowest BCUT2D eigenvalue weighted by Gasteiger charge is -2.35. The molecule has 4 rings (SSSR count). The minimum atomic E-state index is -0.445. The first-order valence-electron chi connectivity index (χ1n) is 9.00. The molecule has 1 aromatic carbocycles. The maximum absolute atomic E-state index is 13.7. The van der Waals surface area contributed by atoms with Crippen LogP contribution in [-0.4, -0.2) is 52.3 Å². The lowest BCUT2D eigenvalue weighted by atomic mass is 10.2. The minimum absolute atomic E-state index is 0.187. The van der Waals surface area contributed by atoms with E-state index in [2.05, 4.69) is 25.4 Å². The summed E-state index contributed by atoms with van der Waals surface area (Å²) in [6, 6.07) is 13.5. The molecule has 1 saturated heterocycles. The van der Waals surface area contributed by atoms with Crippen molar-refractivity contribution < 1.29 is 9.18 Å². The Kier molecular flexibility index (Phi) is 5.09. The molecule has 142 valence electrons. The number of hydrogen-bond donors (Lipinski definition) is 1. The van der Waals surface area contributed by atoms with E-state index in [0.717, 1.165) is 17.1 Å². The van der Waals surface area contributed by atoms with Crippen molar-refractivity contribution >= 4 is 17.5 Å². The molecule has 7 nitrogen and oxygen atoms in total. The monoisotopic (exact) mass is 378 g/mol. The molecule has 1 aliphatic rings. The molecule has 0 radical (unpaired) electrons. The van der Waals surface area contributed by atoms with Crippen LogP contribution in [-0.2, 0) is 0 Å².